The lowest BCUT2D eigenvalue weighted by molar-refractivity contribution is 0.0268. The second-order valence-electron chi connectivity index (χ2n) is 4.79. The Morgan fingerprint density at radius 2 is 2.19 bits per heavy atom. The van der Waals surface area contributed by atoms with E-state index >= 15 is 0 Å². The van der Waals surface area contributed by atoms with Crippen molar-refractivity contribution in [1.82, 2.24) is 0 Å². The van der Waals surface area contributed by atoms with Crippen LogP contribution < -0.4 is 0 Å². The number of fused-ring (bicyclic) bond motifs is 1. The van der Waals surface area contributed by atoms with Crippen molar-refractivity contribution in [1.29, 1.82) is 0 Å². The summed E-state index contributed by atoms with van der Waals surface area (Å²) in [5.74, 6) is -0.198. The van der Waals surface area contributed by atoms with E-state index in [0.717, 1.165) is 49.7 Å². The Hall–Kier alpha value is -0.890. The number of hydrogen-bond donors (Lipinski definition) is 1. The third-order valence-corrected chi connectivity index (χ3v) is 3.57. The Labute approximate surface area is 96.3 Å². The third-order valence-electron chi connectivity index (χ3n) is 3.57. The highest BCUT2D eigenvalue weighted by Gasteiger charge is 2.35. The Kier molecular flexibility index (Phi) is 3.29. The van der Waals surface area contributed by atoms with Crippen molar-refractivity contribution in [2.24, 2.45) is 0 Å². The number of halogens is 1. The van der Waals surface area contributed by atoms with E-state index < -0.39 is 5.60 Å². The predicted octanol–water partition coefficient (Wildman–Crippen LogP) is 3.54. The second-order valence-corrected chi connectivity index (χ2v) is 4.79. The van der Waals surface area contributed by atoms with Crippen LogP contribution in [0.15, 0.2) is 18.2 Å². The Morgan fingerprint density at radius 1 is 1.38 bits per heavy atom. The van der Waals surface area contributed by atoms with Crippen LogP contribution in [0.3, 0.4) is 0 Å². The molecule has 0 bridgehead atoms. The normalized spacial score (nSPS) is 23.4. The van der Waals surface area contributed by atoms with Gasteiger partial charge in [-0.15, -0.1) is 0 Å². The summed E-state index contributed by atoms with van der Waals surface area (Å²) in [7, 11) is 0. The van der Waals surface area contributed by atoms with E-state index in [9.17, 15) is 9.50 Å². The standard InChI is InChI=1S/C14H19FO/c1-2-3-4-8-14(16)9-7-11-10-12(15)5-6-13(11)14/h5-6,10,16H,2-4,7-9H2,1H3. The first-order valence-electron chi connectivity index (χ1n) is 6.17. The molecule has 1 aromatic carbocycles. The van der Waals surface area contributed by atoms with Gasteiger partial charge in [0.2, 0.25) is 0 Å². The molecule has 1 aromatic rings. The number of rotatable bonds is 4. The highest BCUT2D eigenvalue weighted by Crippen LogP contribution is 2.40. The molecule has 1 unspecified atom stereocenters. The molecular formula is C14H19FO. The van der Waals surface area contributed by atoms with Gasteiger partial charge in [0.15, 0.2) is 0 Å². The molecule has 0 radical (unpaired) electrons. The predicted molar refractivity (Wildman–Crippen MR) is 62.8 cm³/mol. The van der Waals surface area contributed by atoms with Crippen molar-refractivity contribution < 1.29 is 9.50 Å². The van der Waals surface area contributed by atoms with Crippen molar-refractivity contribution >= 4 is 0 Å². The highest BCUT2D eigenvalue weighted by molar-refractivity contribution is 5.37. The number of aryl methyl sites for hydroxylation is 1. The number of aliphatic hydroxyl groups is 1. The van der Waals surface area contributed by atoms with Crippen LogP contribution in [0.5, 0.6) is 0 Å². The molecule has 1 aliphatic rings. The van der Waals surface area contributed by atoms with Gasteiger partial charge in [-0.25, -0.2) is 4.39 Å². The summed E-state index contributed by atoms with van der Waals surface area (Å²) in [4.78, 5) is 0. The summed E-state index contributed by atoms with van der Waals surface area (Å²) >= 11 is 0. The smallest absolute Gasteiger partial charge is 0.123 e. The lowest BCUT2D eigenvalue weighted by atomic mass is 9.90. The van der Waals surface area contributed by atoms with Crippen LogP contribution in [-0.2, 0) is 12.0 Å². The summed E-state index contributed by atoms with van der Waals surface area (Å²) < 4.78 is 13.0. The van der Waals surface area contributed by atoms with Crippen molar-refractivity contribution in [2.45, 2.75) is 51.0 Å². The van der Waals surface area contributed by atoms with Gasteiger partial charge in [-0.1, -0.05) is 32.3 Å². The Balaban J connectivity index is 2.15. The largest absolute Gasteiger partial charge is 0.385 e. The fourth-order valence-corrected chi connectivity index (χ4v) is 2.63. The maximum absolute atomic E-state index is 13.0. The molecule has 2 heteroatoms. The summed E-state index contributed by atoms with van der Waals surface area (Å²) in [6.07, 6.45) is 5.71. The summed E-state index contributed by atoms with van der Waals surface area (Å²) in [5, 5.41) is 10.5. The molecule has 0 saturated heterocycles. The van der Waals surface area contributed by atoms with Crippen LogP contribution in [0.4, 0.5) is 4.39 Å². The molecule has 0 spiro atoms. The van der Waals surface area contributed by atoms with Gasteiger partial charge < -0.3 is 5.11 Å². The van der Waals surface area contributed by atoms with Crippen LogP contribution in [0.1, 0.15) is 50.2 Å². The van der Waals surface area contributed by atoms with Crippen LogP contribution >= 0.6 is 0 Å². The number of hydrogen-bond acceptors (Lipinski definition) is 1. The number of benzene rings is 1. The Bertz CT molecular complexity index is 375. The molecule has 88 valence electrons. The van der Waals surface area contributed by atoms with E-state index in [-0.39, 0.29) is 5.82 Å². The zero-order valence-electron chi connectivity index (χ0n) is 9.80. The van der Waals surface area contributed by atoms with Crippen molar-refractivity contribution in [3.8, 4) is 0 Å². The fraction of sp³-hybridized carbons (Fsp3) is 0.571. The number of unbranched alkanes of at least 4 members (excludes halogenated alkanes) is 2. The molecule has 0 fully saturated rings. The maximum Gasteiger partial charge on any atom is 0.123 e. The zero-order chi connectivity index (χ0) is 11.6. The van der Waals surface area contributed by atoms with E-state index in [0.29, 0.717) is 0 Å². The minimum Gasteiger partial charge on any atom is -0.385 e. The van der Waals surface area contributed by atoms with Gasteiger partial charge in [0.05, 0.1) is 5.60 Å². The second kappa shape index (κ2) is 4.54. The van der Waals surface area contributed by atoms with E-state index in [2.05, 4.69) is 6.92 Å². The van der Waals surface area contributed by atoms with Gasteiger partial charge in [0, 0.05) is 0 Å². The molecule has 1 atom stereocenters. The van der Waals surface area contributed by atoms with Crippen LogP contribution in [0.2, 0.25) is 0 Å². The summed E-state index contributed by atoms with van der Waals surface area (Å²) in [6.45, 7) is 2.15. The molecular weight excluding hydrogens is 203 g/mol. The maximum atomic E-state index is 13.0. The molecule has 1 N–H and O–H groups in total. The quantitative estimate of drug-likeness (QED) is 0.772. The van der Waals surface area contributed by atoms with E-state index in [1.807, 2.05) is 0 Å². The van der Waals surface area contributed by atoms with Crippen molar-refractivity contribution in [3.63, 3.8) is 0 Å². The van der Waals surface area contributed by atoms with Gasteiger partial charge in [0.25, 0.3) is 0 Å². The minimum absolute atomic E-state index is 0.198. The topological polar surface area (TPSA) is 20.2 Å². The van der Waals surface area contributed by atoms with Gasteiger partial charge in [0.1, 0.15) is 5.82 Å². The first-order chi connectivity index (χ1) is 7.65. The molecule has 0 heterocycles. The monoisotopic (exact) mass is 222 g/mol. The first-order valence-corrected chi connectivity index (χ1v) is 6.17. The molecule has 0 aromatic heterocycles. The van der Waals surface area contributed by atoms with Crippen molar-refractivity contribution in [2.75, 3.05) is 0 Å². The molecule has 1 nitrogen and oxygen atoms in total. The van der Waals surface area contributed by atoms with E-state index in [1.54, 1.807) is 12.1 Å². The summed E-state index contributed by atoms with van der Waals surface area (Å²) in [6, 6.07) is 4.77. The molecule has 1 aliphatic carbocycles. The Morgan fingerprint density at radius 3 is 2.94 bits per heavy atom. The SMILES string of the molecule is CCCCCC1(O)CCc2cc(F)ccc21. The van der Waals surface area contributed by atoms with Crippen LogP contribution in [0, 0.1) is 5.82 Å². The molecule has 16 heavy (non-hydrogen) atoms. The van der Waals surface area contributed by atoms with E-state index in [4.69, 9.17) is 0 Å². The zero-order valence-corrected chi connectivity index (χ0v) is 9.80. The molecule has 0 saturated carbocycles. The average Bonchev–Trinajstić information content (AvgIpc) is 2.57. The van der Waals surface area contributed by atoms with Crippen LogP contribution in [0.25, 0.3) is 0 Å². The minimum atomic E-state index is -0.696. The molecule has 2 rings (SSSR count). The van der Waals surface area contributed by atoms with Gasteiger partial charge >= 0.3 is 0 Å². The first kappa shape index (κ1) is 11.6. The van der Waals surface area contributed by atoms with Crippen LogP contribution in [-0.4, -0.2) is 5.11 Å². The lowest BCUT2D eigenvalue weighted by Gasteiger charge is -2.23. The molecule has 0 amide bonds. The average molecular weight is 222 g/mol. The lowest BCUT2D eigenvalue weighted by Crippen LogP contribution is -2.21. The fourth-order valence-electron chi connectivity index (χ4n) is 2.63. The third kappa shape index (κ3) is 2.12. The van der Waals surface area contributed by atoms with Crippen molar-refractivity contribution in [3.05, 3.63) is 35.1 Å². The van der Waals surface area contributed by atoms with E-state index in [1.165, 1.54) is 6.07 Å². The highest BCUT2D eigenvalue weighted by atomic mass is 19.1. The van der Waals surface area contributed by atoms with Gasteiger partial charge in [-0.2, -0.15) is 0 Å². The summed E-state index contributed by atoms with van der Waals surface area (Å²) in [5.41, 5.74) is 1.24. The van der Waals surface area contributed by atoms with Gasteiger partial charge in [-0.05, 0) is 42.5 Å². The molecule has 0 aliphatic heterocycles. The van der Waals surface area contributed by atoms with Gasteiger partial charge in [-0.3, -0.25) is 0 Å².